The lowest BCUT2D eigenvalue weighted by Crippen LogP contribution is -2.13. The van der Waals surface area contributed by atoms with Gasteiger partial charge in [0.1, 0.15) is 6.61 Å². The van der Waals surface area contributed by atoms with Crippen LogP contribution in [-0.2, 0) is 22.8 Å². The van der Waals surface area contributed by atoms with Crippen LogP contribution in [0.4, 0.5) is 4.79 Å². The summed E-state index contributed by atoms with van der Waals surface area (Å²) in [5, 5.41) is 4.70. The Morgan fingerprint density at radius 2 is 2.08 bits per heavy atom. The van der Waals surface area contributed by atoms with Gasteiger partial charge in [-0.05, 0) is 43.2 Å². The van der Waals surface area contributed by atoms with Crippen molar-refractivity contribution in [1.29, 1.82) is 0 Å². The molecule has 1 amide bonds. The molecule has 132 valence electrons. The largest absolute Gasteiger partial charge is 0.445 e. The third-order valence-electron chi connectivity index (χ3n) is 3.42. The first-order valence-electron chi connectivity index (χ1n) is 7.82. The van der Waals surface area contributed by atoms with Gasteiger partial charge in [-0.15, -0.1) is 0 Å². The van der Waals surface area contributed by atoms with E-state index in [1.54, 1.807) is 6.07 Å². The molecule has 1 aromatic carbocycles. The second kappa shape index (κ2) is 9.03. The highest BCUT2D eigenvalue weighted by molar-refractivity contribution is 6.31. The molecule has 2 aromatic rings. The molecule has 0 spiro atoms. The Labute approximate surface area is 151 Å². The summed E-state index contributed by atoms with van der Waals surface area (Å²) in [4.78, 5) is 20.6. The first-order valence-corrected chi connectivity index (χ1v) is 8.19. The molecule has 2 N–H and O–H groups in total. The van der Waals surface area contributed by atoms with Crippen LogP contribution >= 0.6 is 11.6 Å². The molecular weight excluding hydrogens is 342 g/mol. The van der Waals surface area contributed by atoms with E-state index in [0.29, 0.717) is 17.0 Å². The molecule has 0 atom stereocenters. The molecule has 1 heterocycles. The van der Waals surface area contributed by atoms with E-state index in [1.807, 2.05) is 44.2 Å². The zero-order valence-electron chi connectivity index (χ0n) is 14.2. The summed E-state index contributed by atoms with van der Waals surface area (Å²) in [6.07, 6.45) is -0.182. The van der Waals surface area contributed by atoms with Crippen LogP contribution in [0.15, 0.2) is 41.6 Å². The second-order valence-electron chi connectivity index (χ2n) is 5.35. The van der Waals surface area contributed by atoms with Crippen LogP contribution in [0.2, 0.25) is 5.02 Å². The smallest absolute Gasteiger partial charge is 0.404 e. The van der Waals surface area contributed by atoms with Crippen LogP contribution in [0, 0.1) is 6.92 Å². The summed E-state index contributed by atoms with van der Waals surface area (Å²) in [6, 6.07) is 11.1. The number of hydrogen-bond acceptors (Lipinski definition) is 5. The summed E-state index contributed by atoms with van der Waals surface area (Å²) < 4.78 is 4.80. The molecule has 0 saturated heterocycles. The van der Waals surface area contributed by atoms with Crippen LogP contribution in [-0.4, -0.2) is 16.8 Å². The van der Waals surface area contributed by atoms with E-state index in [4.69, 9.17) is 26.9 Å². The number of carbonyl (C=O) groups excluding carboxylic acids is 1. The summed E-state index contributed by atoms with van der Waals surface area (Å²) in [5.74, 6) is 0. The van der Waals surface area contributed by atoms with E-state index < -0.39 is 6.09 Å². The number of aryl methyl sites for hydroxylation is 1. The normalized spacial score (nSPS) is 11.2. The lowest BCUT2D eigenvalue weighted by molar-refractivity contribution is 0.127. The first kappa shape index (κ1) is 18.7. The number of benzene rings is 1. The molecule has 0 fully saturated rings. The van der Waals surface area contributed by atoms with Crippen molar-refractivity contribution in [3.63, 3.8) is 0 Å². The maximum Gasteiger partial charge on any atom is 0.404 e. The van der Waals surface area contributed by atoms with Crippen LogP contribution in [0.25, 0.3) is 0 Å². The van der Waals surface area contributed by atoms with E-state index in [-0.39, 0.29) is 13.2 Å². The van der Waals surface area contributed by atoms with E-state index in [0.717, 1.165) is 22.7 Å². The third-order valence-corrected chi connectivity index (χ3v) is 3.79. The number of oxime groups is 1. The highest BCUT2D eigenvalue weighted by Crippen LogP contribution is 2.20. The second-order valence-corrected chi connectivity index (χ2v) is 5.76. The van der Waals surface area contributed by atoms with Crippen molar-refractivity contribution in [2.45, 2.75) is 33.5 Å². The van der Waals surface area contributed by atoms with Gasteiger partial charge in [-0.2, -0.15) is 0 Å². The van der Waals surface area contributed by atoms with E-state index >= 15 is 0 Å². The zero-order chi connectivity index (χ0) is 18.2. The van der Waals surface area contributed by atoms with Crippen molar-refractivity contribution >= 4 is 23.4 Å². The fourth-order valence-electron chi connectivity index (χ4n) is 2.19. The van der Waals surface area contributed by atoms with E-state index in [9.17, 15) is 4.79 Å². The number of ether oxygens (including phenoxy) is 1. The highest BCUT2D eigenvalue weighted by atomic mass is 35.5. The molecular formula is C18H20ClN3O3. The quantitative estimate of drug-likeness (QED) is 0.597. The molecule has 6 nitrogen and oxygen atoms in total. The molecule has 0 aliphatic heterocycles. The van der Waals surface area contributed by atoms with Gasteiger partial charge in [0.05, 0.1) is 11.4 Å². The van der Waals surface area contributed by atoms with Crippen molar-refractivity contribution in [2.75, 3.05) is 0 Å². The van der Waals surface area contributed by atoms with Gasteiger partial charge in [0.15, 0.2) is 6.61 Å². The Kier molecular flexibility index (Phi) is 6.77. The van der Waals surface area contributed by atoms with Gasteiger partial charge >= 0.3 is 6.09 Å². The summed E-state index contributed by atoms with van der Waals surface area (Å²) in [6.45, 7) is 4.19. The molecule has 0 aliphatic carbocycles. The molecule has 0 radical (unpaired) electrons. The van der Waals surface area contributed by atoms with Gasteiger partial charge in [0, 0.05) is 16.3 Å². The third kappa shape index (κ3) is 5.76. The summed E-state index contributed by atoms with van der Waals surface area (Å²) >= 11 is 6.12. The van der Waals surface area contributed by atoms with E-state index in [1.165, 1.54) is 0 Å². The van der Waals surface area contributed by atoms with Crippen LogP contribution < -0.4 is 5.73 Å². The van der Waals surface area contributed by atoms with Gasteiger partial charge < -0.3 is 15.3 Å². The van der Waals surface area contributed by atoms with Crippen LogP contribution in [0.1, 0.15) is 35.9 Å². The maximum absolute atomic E-state index is 10.8. The topological polar surface area (TPSA) is 86.8 Å². The average molecular weight is 362 g/mol. The van der Waals surface area contributed by atoms with E-state index in [2.05, 4.69) is 10.1 Å². The Balaban J connectivity index is 2.10. The summed E-state index contributed by atoms with van der Waals surface area (Å²) in [5.41, 5.74) is 8.98. The predicted molar refractivity (Wildman–Crippen MR) is 96.4 cm³/mol. The molecule has 0 aliphatic rings. The number of aromatic nitrogens is 1. The Morgan fingerprint density at radius 1 is 1.28 bits per heavy atom. The van der Waals surface area contributed by atoms with Crippen molar-refractivity contribution in [2.24, 2.45) is 10.9 Å². The van der Waals surface area contributed by atoms with Crippen molar-refractivity contribution in [3.8, 4) is 0 Å². The molecule has 0 saturated carbocycles. The molecule has 0 bridgehead atoms. The standard InChI is InChI=1S/C18H20ClN3O3/c1-3-17(22-25-11-15-6-4-5-12(2)21-15)13-7-8-16(19)14(9-13)10-24-18(20)23/h4-9H,3,10-11H2,1-2H3,(H2,20,23). The SMILES string of the molecule is CCC(=NOCc1cccc(C)n1)c1ccc(Cl)c(COC(N)=O)c1. The van der Waals surface area contributed by atoms with Crippen LogP contribution in [0.3, 0.4) is 0 Å². The Bertz CT molecular complexity index is 778. The van der Waals surface area contributed by atoms with Gasteiger partial charge in [0.2, 0.25) is 0 Å². The summed E-state index contributed by atoms with van der Waals surface area (Å²) in [7, 11) is 0. The predicted octanol–water partition coefficient (Wildman–Crippen LogP) is 3.97. The highest BCUT2D eigenvalue weighted by Gasteiger charge is 2.09. The average Bonchev–Trinajstić information content (AvgIpc) is 2.58. The lowest BCUT2D eigenvalue weighted by atomic mass is 10.1. The zero-order valence-corrected chi connectivity index (χ0v) is 14.9. The minimum atomic E-state index is -0.847. The Hall–Kier alpha value is -2.60. The number of rotatable bonds is 7. The van der Waals surface area contributed by atoms with Gasteiger partial charge in [-0.3, -0.25) is 4.98 Å². The number of nitrogens with two attached hydrogens (primary N) is 1. The Morgan fingerprint density at radius 3 is 2.76 bits per heavy atom. The fraction of sp³-hybridized carbons (Fsp3) is 0.278. The van der Waals surface area contributed by atoms with Gasteiger partial charge in [-0.1, -0.05) is 35.8 Å². The minimum Gasteiger partial charge on any atom is -0.445 e. The number of hydrogen-bond donors (Lipinski definition) is 1. The maximum atomic E-state index is 10.8. The molecule has 25 heavy (non-hydrogen) atoms. The molecule has 7 heteroatoms. The number of amides is 1. The van der Waals surface area contributed by atoms with Crippen molar-refractivity contribution in [3.05, 3.63) is 63.9 Å². The van der Waals surface area contributed by atoms with Crippen molar-refractivity contribution < 1.29 is 14.4 Å². The van der Waals surface area contributed by atoms with Gasteiger partial charge in [-0.25, -0.2) is 4.79 Å². The minimum absolute atomic E-state index is 0.00701. The number of pyridine rings is 1. The monoisotopic (exact) mass is 361 g/mol. The number of carbonyl (C=O) groups is 1. The fourth-order valence-corrected chi connectivity index (χ4v) is 2.36. The lowest BCUT2D eigenvalue weighted by Gasteiger charge is -2.09. The molecule has 0 unspecified atom stereocenters. The first-order chi connectivity index (χ1) is 12.0. The number of primary amides is 1. The number of nitrogens with zero attached hydrogens (tertiary/aromatic N) is 2. The van der Waals surface area contributed by atoms with Gasteiger partial charge in [0.25, 0.3) is 0 Å². The van der Waals surface area contributed by atoms with Crippen molar-refractivity contribution in [1.82, 2.24) is 4.98 Å². The van der Waals surface area contributed by atoms with Crippen LogP contribution in [0.5, 0.6) is 0 Å². The molecule has 1 aromatic heterocycles. The molecule has 2 rings (SSSR count). The number of halogens is 1.